The Labute approximate surface area is 142 Å². The Balaban J connectivity index is 1.89. The molecule has 24 heavy (non-hydrogen) atoms. The van der Waals surface area contributed by atoms with E-state index in [1.54, 1.807) is 48.5 Å². The summed E-state index contributed by atoms with van der Waals surface area (Å²) in [5.41, 5.74) is 1.90. The molecule has 0 unspecified atom stereocenters. The molecule has 6 nitrogen and oxygen atoms in total. The van der Waals surface area contributed by atoms with Crippen LogP contribution < -0.4 is 14.9 Å². The fourth-order valence-corrected chi connectivity index (χ4v) is 3.03. The standard InChI is InChI=1S/C17H21N3O3S/c1-20(2)16-10-6-7-14(13-16)17(21)18-11-12-24(22,23)19-15-8-4-3-5-9-15/h3-10,13,19H,11-12H2,1-2H3,(H,18,21). The van der Waals surface area contributed by atoms with Crippen molar-refractivity contribution in [2.24, 2.45) is 0 Å². The second-order valence-electron chi connectivity index (χ2n) is 5.49. The van der Waals surface area contributed by atoms with Crippen molar-refractivity contribution in [2.45, 2.75) is 0 Å². The van der Waals surface area contributed by atoms with E-state index in [0.29, 0.717) is 11.3 Å². The van der Waals surface area contributed by atoms with Gasteiger partial charge in [0, 0.05) is 37.6 Å². The number of nitrogens with one attached hydrogen (secondary N) is 2. The van der Waals surface area contributed by atoms with Gasteiger partial charge in [0.1, 0.15) is 0 Å². The number of hydrogen-bond acceptors (Lipinski definition) is 4. The molecule has 128 valence electrons. The maximum Gasteiger partial charge on any atom is 0.251 e. The van der Waals surface area contributed by atoms with Crippen molar-refractivity contribution in [3.63, 3.8) is 0 Å². The smallest absolute Gasteiger partial charge is 0.251 e. The average Bonchev–Trinajstić information content (AvgIpc) is 2.55. The molecule has 0 aliphatic heterocycles. The number of hydrogen-bond donors (Lipinski definition) is 2. The zero-order chi connectivity index (χ0) is 17.6. The van der Waals surface area contributed by atoms with Crippen molar-refractivity contribution in [3.8, 4) is 0 Å². The van der Waals surface area contributed by atoms with Gasteiger partial charge >= 0.3 is 0 Å². The van der Waals surface area contributed by atoms with Gasteiger partial charge in [-0.2, -0.15) is 0 Å². The molecule has 2 rings (SSSR count). The van der Waals surface area contributed by atoms with E-state index < -0.39 is 10.0 Å². The van der Waals surface area contributed by atoms with Crippen LogP contribution in [-0.4, -0.2) is 40.7 Å². The van der Waals surface area contributed by atoms with Crippen LogP contribution in [0.3, 0.4) is 0 Å². The summed E-state index contributed by atoms with van der Waals surface area (Å²) in [6, 6.07) is 15.8. The third-order valence-electron chi connectivity index (χ3n) is 3.33. The summed E-state index contributed by atoms with van der Waals surface area (Å²) < 4.78 is 26.5. The lowest BCUT2D eigenvalue weighted by atomic mass is 10.2. The molecule has 0 saturated heterocycles. The number of rotatable bonds is 7. The third kappa shape index (κ3) is 5.27. The minimum atomic E-state index is -3.51. The van der Waals surface area contributed by atoms with E-state index >= 15 is 0 Å². The number of sulfonamides is 1. The second kappa shape index (κ2) is 7.83. The van der Waals surface area contributed by atoms with Crippen LogP contribution in [0.2, 0.25) is 0 Å². The highest BCUT2D eigenvalue weighted by Gasteiger charge is 2.12. The Morgan fingerprint density at radius 3 is 2.42 bits per heavy atom. The minimum Gasteiger partial charge on any atom is -0.378 e. The zero-order valence-electron chi connectivity index (χ0n) is 13.7. The van der Waals surface area contributed by atoms with Crippen molar-refractivity contribution in [1.82, 2.24) is 5.32 Å². The largest absolute Gasteiger partial charge is 0.378 e. The predicted molar refractivity (Wildman–Crippen MR) is 97.0 cm³/mol. The number of amides is 1. The zero-order valence-corrected chi connectivity index (χ0v) is 14.5. The molecule has 0 aromatic heterocycles. The normalized spacial score (nSPS) is 10.9. The maximum absolute atomic E-state index is 12.1. The molecule has 2 aromatic carbocycles. The highest BCUT2D eigenvalue weighted by molar-refractivity contribution is 7.92. The van der Waals surface area contributed by atoms with Crippen LogP contribution in [0.4, 0.5) is 11.4 Å². The first-order valence-corrected chi connectivity index (χ1v) is 9.14. The number of benzene rings is 2. The lowest BCUT2D eigenvalue weighted by Gasteiger charge is -2.13. The molecule has 7 heteroatoms. The van der Waals surface area contributed by atoms with Gasteiger partial charge < -0.3 is 10.2 Å². The van der Waals surface area contributed by atoms with Crippen molar-refractivity contribution in [2.75, 3.05) is 36.0 Å². The molecule has 0 bridgehead atoms. The number of carbonyl (C=O) groups is 1. The molecule has 0 aliphatic carbocycles. The van der Waals surface area contributed by atoms with E-state index in [9.17, 15) is 13.2 Å². The maximum atomic E-state index is 12.1. The Morgan fingerprint density at radius 2 is 1.75 bits per heavy atom. The molecule has 0 saturated carbocycles. The van der Waals surface area contributed by atoms with Gasteiger partial charge in [0.2, 0.25) is 10.0 Å². The van der Waals surface area contributed by atoms with Gasteiger partial charge in [0.25, 0.3) is 5.91 Å². The van der Waals surface area contributed by atoms with Crippen molar-refractivity contribution < 1.29 is 13.2 Å². The highest BCUT2D eigenvalue weighted by Crippen LogP contribution is 2.13. The summed E-state index contributed by atoms with van der Waals surface area (Å²) >= 11 is 0. The fourth-order valence-electron chi connectivity index (χ4n) is 2.06. The minimum absolute atomic E-state index is 0.0349. The van der Waals surface area contributed by atoms with Gasteiger partial charge in [-0.05, 0) is 30.3 Å². The summed E-state index contributed by atoms with van der Waals surface area (Å²) in [7, 11) is 0.268. The van der Waals surface area contributed by atoms with Gasteiger partial charge in [-0.3, -0.25) is 9.52 Å². The summed E-state index contributed by atoms with van der Waals surface area (Å²) in [5, 5.41) is 2.63. The number of nitrogens with zero attached hydrogens (tertiary/aromatic N) is 1. The summed E-state index contributed by atoms with van der Waals surface area (Å²) in [6.07, 6.45) is 0. The van der Waals surface area contributed by atoms with E-state index in [0.717, 1.165) is 5.69 Å². The fraction of sp³-hybridized carbons (Fsp3) is 0.235. The van der Waals surface area contributed by atoms with Crippen LogP contribution in [0.25, 0.3) is 0 Å². The van der Waals surface area contributed by atoms with Gasteiger partial charge in [-0.15, -0.1) is 0 Å². The van der Waals surface area contributed by atoms with Crippen molar-refractivity contribution in [1.29, 1.82) is 0 Å². The lowest BCUT2D eigenvalue weighted by molar-refractivity contribution is 0.0956. The molecule has 0 fully saturated rings. The first kappa shape index (κ1) is 17.8. The molecular weight excluding hydrogens is 326 g/mol. The van der Waals surface area contributed by atoms with Gasteiger partial charge in [-0.1, -0.05) is 24.3 Å². The highest BCUT2D eigenvalue weighted by atomic mass is 32.2. The summed E-state index contributed by atoms with van der Waals surface area (Å²) in [5.74, 6) is -0.491. The van der Waals surface area contributed by atoms with Gasteiger partial charge in [0.05, 0.1) is 5.75 Å². The molecule has 0 heterocycles. The number of carbonyl (C=O) groups excluding carboxylic acids is 1. The van der Waals surface area contributed by atoms with Crippen LogP contribution >= 0.6 is 0 Å². The van der Waals surface area contributed by atoms with E-state index in [4.69, 9.17) is 0 Å². The van der Waals surface area contributed by atoms with Crippen molar-refractivity contribution in [3.05, 3.63) is 60.2 Å². The molecular formula is C17H21N3O3S. The lowest BCUT2D eigenvalue weighted by Crippen LogP contribution is -2.31. The first-order valence-electron chi connectivity index (χ1n) is 7.48. The second-order valence-corrected chi connectivity index (χ2v) is 7.33. The molecule has 0 radical (unpaired) electrons. The number of anilines is 2. The van der Waals surface area contributed by atoms with Gasteiger partial charge in [-0.25, -0.2) is 8.42 Å². The Morgan fingerprint density at radius 1 is 1.04 bits per heavy atom. The van der Waals surface area contributed by atoms with E-state index in [1.807, 2.05) is 25.1 Å². The summed E-state index contributed by atoms with van der Waals surface area (Å²) in [6.45, 7) is 0.0349. The monoisotopic (exact) mass is 347 g/mol. The molecule has 1 amide bonds. The van der Waals surface area contributed by atoms with Crippen LogP contribution in [0.1, 0.15) is 10.4 Å². The quantitative estimate of drug-likeness (QED) is 0.802. The predicted octanol–water partition coefficient (Wildman–Crippen LogP) is 1.92. The van der Waals surface area contributed by atoms with Crippen molar-refractivity contribution >= 4 is 27.3 Å². The summed E-state index contributed by atoms with van der Waals surface area (Å²) in [4.78, 5) is 14.0. The van der Waals surface area contributed by atoms with E-state index in [1.165, 1.54) is 0 Å². The molecule has 2 aromatic rings. The Hall–Kier alpha value is -2.54. The van der Waals surface area contributed by atoms with Crippen LogP contribution in [0, 0.1) is 0 Å². The topological polar surface area (TPSA) is 78.5 Å². The first-order chi connectivity index (χ1) is 11.4. The molecule has 2 N–H and O–H groups in total. The van der Waals surface area contributed by atoms with E-state index in [2.05, 4.69) is 10.0 Å². The van der Waals surface area contributed by atoms with E-state index in [-0.39, 0.29) is 18.2 Å². The number of para-hydroxylation sites is 1. The molecule has 0 spiro atoms. The Kier molecular flexibility index (Phi) is 5.81. The molecule has 0 aliphatic rings. The van der Waals surface area contributed by atoms with Crippen LogP contribution in [0.15, 0.2) is 54.6 Å². The van der Waals surface area contributed by atoms with Crippen LogP contribution in [0.5, 0.6) is 0 Å². The third-order valence-corrected chi connectivity index (χ3v) is 4.62. The molecule has 0 atom stereocenters. The SMILES string of the molecule is CN(C)c1cccc(C(=O)NCCS(=O)(=O)Nc2ccccc2)c1. The average molecular weight is 347 g/mol. The van der Waals surface area contributed by atoms with Crippen LogP contribution in [-0.2, 0) is 10.0 Å². The van der Waals surface area contributed by atoms with Gasteiger partial charge in [0.15, 0.2) is 0 Å². The Bertz CT molecular complexity index is 790.